The van der Waals surface area contributed by atoms with Crippen LogP contribution in [-0.4, -0.2) is 34.2 Å². The maximum Gasteiger partial charge on any atom is 0.340 e. The molecule has 96 valence electrons. The van der Waals surface area contributed by atoms with E-state index in [0.717, 1.165) is 0 Å². The minimum atomic E-state index is -0.951. The normalized spacial score (nSPS) is 11.5. The lowest BCUT2D eigenvalue weighted by atomic mass is 10.1. The predicted molar refractivity (Wildman–Crippen MR) is 68.0 cm³/mol. The van der Waals surface area contributed by atoms with Crippen molar-refractivity contribution < 1.29 is 14.6 Å². The molecule has 0 radical (unpaired) electrons. The Bertz CT molecular complexity index is 401. The summed E-state index contributed by atoms with van der Waals surface area (Å²) in [6, 6.07) is 0. The highest BCUT2D eigenvalue weighted by Gasteiger charge is 2.21. The predicted octanol–water partition coefficient (Wildman–Crippen LogP) is 2.38. The second-order valence-corrected chi connectivity index (χ2v) is 5.10. The van der Waals surface area contributed by atoms with Gasteiger partial charge in [0.2, 0.25) is 0 Å². The molecule has 2 N–H and O–H groups in total. The van der Waals surface area contributed by atoms with Crippen LogP contribution >= 0.6 is 11.5 Å². The van der Waals surface area contributed by atoms with Crippen LogP contribution in [0, 0.1) is 6.92 Å². The molecule has 0 aliphatic rings. The summed E-state index contributed by atoms with van der Waals surface area (Å²) < 4.78 is 9.57. The number of rotatable bonds is 6. The molecule has 1 heterocycles. The van der Waals surface area contributed by atoms with Crippen molar-refractivity contribution in [2.75, 3.05) is 18.5 Å². The first-order valence-electron chi connectivity index (χ1n) is 5.45. The summed E-state index contributed by atoms with van der Waals surface area (Å²) in [5.74, 6) is -0.951. The van der Waals surface area contributed by atoms with E-state index < -0.39 is 5.97 Å². The summed E-state index contributed by atoms with van der Waals surface area (Å²) in [5, 5.41) is 12.7. The van der Waals surface area contributed by atoms with Gasteiger partial charge in [-0.3, -0.25) is 0 Å². The van der Waals surface area contributed by atoms with Crippen LogP contribution in [0.1, 0.15) is 36.8 Å². The molecule has 0 saturated heterocycles. The Labute approximate surface area is 105 Å². The number of hydrogen-bond acceptors (Lipinski definition) is 5. The monoisotopic (exact) mass is 258 g/mol. The zero-order chi connectivity index (χ0) is 13.1. The average Bonchev–Trinajstić information content (AvgIpc) is 2.57. The lowest BCUT2D eigenvalue weighted by Gasteiger charge is -2.25. The molecule has 17 heavy (non-hydrogen) atoms. The fraction of sp³-hybridized carbons (Fsp3) is 0.636. The van der Waals surface area contributed by atoms with Gasteiger partial charge in [0, 0.05) is 13.2 Å². The Morgan fingerprint density at radius 3 is 2.76 bits per heavy atom. The number of carbonyl (C=O) groups is 1. The van der Waals surface area contributed by atoms with Crippen LogP contribution in [0.25, 0.3) is 0 Å². The summed E-state index contributed by atoms with van der Waals surface area (Å²) in [7, 11) is 0. The van der Waals surface area contributed by atoms with Crippen molar-refractivity contribution in [2.45, 2.75) is 33.3 Å². The van der Waals surface area contributed by atoms with Gasteiger partial charge in [-0.1, -0.05) is 0 Å². The third-order valence-corrected chi connectivity index (χ3v) is 3.18. The molecule has 0 aromatic carbocycles. The molecular formula is C11H18N2O3S. The van der Waals surface area contributed by atoms with E-state index in [9.17, 15) is 4.79 Å². The van der Waals surface area contributed by atoms with E-state index >= 15 is 0 Å². The highest BCUT2D eigenvalue weighted by atomic mass is 32.1. The van der Waals surface area contributed by atoms with Crippen molar-refractivity contribution in [2.24, 2.45) is 0 Å². The number of aryl methyl sites for hydroxylation is 1. The van der Waals surface area contributed by atoms with E-state index in [1.807, 2.05) is 20.8 Å². The molecule has 0 aliphatic carbocycles. The van der Waals surface area contributed by atoms with Crippen LogP contribution in [0.15, 0.2) is 0 Å². The fourth-order valence-corrected chi connectivity index (χ4v) is 2.26. The number of aromatic nitrogens is 1. The molecule has 5 nitrogen and oxygen atoms in total. The summed E-state index contributed by atoms with van der Waals surface area (Å²) in [6.07, 6.45) is 0. The van der Waals surface area contributed by atoms with Gasteiger partial charge in [0.1, 0.15) is 10.6 Å². The van der Waals surface area contributed by atoms with Crippen molar-refractivity contribution in [1.29, 1.82) is 0 Å². The zero-order valence-corrected chi connectivity index (χ0v) is 11.3. The number of aromatic carboxylic acids is 1. The first kappa shape index (κ1) is 13.9. The average molecular weight is 258 g/mol. The Balaban J connectivity index is 2.73. The molecule has 0 amide bonds. The number of ether oxygens (including phenoxy) is 1. The number of hydrogen-bond donors (Lipinski definition) is 2. The molecule has 0 saturated carbocycles. The van der Waals surface area contributed by atoms with Crippen LogP contribution in [0.3, 0.4) is 0 Å². The molecule has 0 fully saturated rings. The molecule has 6 heteroatoms. The minimum Gasteiger partial charge on any atom is -0.478 e. The molecular weight excluding hydrogens is 240 g/mol. The Morgan fingerprint density at radius 2 is 2.24 bits per heavy atom. The van der Waals surface area contributed by atoms with Gasteiger partial charge in [-0.25, -0.2) is 4.79 Å². The van der Waals surface area contributed by atoms with Gasteiger partial charge >= 0.3 is 5.97 Å². The summed E-state index contributed by atoms with van der Waals surface area (Å²) in [4.78, 5) is 11.0. The van der Waals surface area contributed by atoms with Crippen LogP contribution < -0.4 is 5.32 Å². The highest BCUT2D eigenvalue weighted by molar-refractivity contribution is 7.10. The lowest BCUT2D eigenvalue weighted by molar-refractivity contribution is 0.000708. The molecule has 0 unspecified atom stereocenters. The van der Waals surface area contributed by atoms with Gasteiger partial charge in [-0.2, -0.15) is 4.37 Å². The molecule has 0 spiro atoms. The summed E-state index contributed by atoms with van der Waals surface area (Å²) >= 11 is 1.17. The third-order valence-electron chi connectivity index (χ3n) is 2.29. The molecule has 1 aromatic rings. The van der Waals surface area contributed by atoms with E-state index in [0.29, 0.717) is 23.8 Å². The SMILES string of the molecule is CCOC(C)(C)CNc1snc(C)c1C(=O)O. The van der Waals surface area contributed by atoms with Crippen molar-refractivity contribution in [1.82, 2.24) is 4.37 Å². The standard InChI is InChI=1S/C11H18N2O3S/c1-5-16-11(3,4)6-12-9-8(10(14)15)7(2)13-17-9/h12H,5-6H2,1-4H3,(H,14,15). The zero-order valence-electron chi connectivity index (χ0n) is 10.5. The van der Waals surface area contributed by atoms with Crippen molar-refractivity contribution in [3.8, 4) is 0 Å². The number of anilines is 1. The van der Waals surface area contributed by atoms with Gasteiger partial charge in [-0.05, 0) is 39.2 Å². The van der Waals surface area contributed by atoms with E-state index in [4.69, 9.17) is 9.84 Å². The van der Waals surface area contributed by atoms with Gasteiger partial charge in [0.25, 0.3) is 0 Å². The van der Waals surface area contributed by atoms with Gasteiger partial charge in [-0.15, -0.1) is 0 Å². The maximum absolute atomic E-state index is 11.0. The van der Waals surface area contributed by atoms with Gasteiger partial charge < -0.3 is 15.2 Å². The summed E-state index contributed by atoms with van der Waals surface area (Å²) in [5.41, 5.74) is 0.462. The first-order valence-corrected chi connectivity index (χ1v) is 6.22. The summed E-state index contributed by atoms with van der Waals surface area (Å²) in [6.45, 7) is 8.71. The topological polar surface area (TPSA) is 71.5 Å². The number of carboxylic acids is 1. The molecule has 0 aliphatic heterocycles. The highest BCUT2D eigenvalue weighted by Crippen LogP contribution is 2.25. The minimum absolute atomic E-state index is 0.252. The maximum atomic E-state index is 11.0. The van der Waals surface area contributed by atoms with E-state index in [1.165, 1.54) is 11.5 Å². The van der Waals surface area contributed by atoms with Crippen LogP contribution in [0.5, 0.6) is 0 Å². The van der Waals surface area contributed by atoms with Crippen molar-refractivity contribution in [3.05, 3.63) is 11.3 Å². The van der Waals surface area contributed by atoms with E-state index in [2.05, 4.69) is 9.69 Å². The van der Waals surface area contributed by atoms with Crippen LogP contribution in [-0.2, 0) is 4.74 Å². The smallest absolute Gasteiger partial charge is 0.340 e. The second-order valence-electron chi connectivity index (χ2n) is 4.32. The van der Waals surface area contributed by atoms with Crippen molar-refractivity contribution in [3.63, 3.8) is 0 Å². The van der Waals surface area contributed by atoms with Gasteiger partial charge in [0.15, 0.2) is 0 Å². The third kappa shape index (κ3) is 3.67. The first-order chi connectivity index (χ1) is 7.87. The van der Waals surface area contributed by atoms with Gasteiger partial charge in [0.05, 0.1) is 11.3 Å². The van der Waals surface area contributed by atoms with E-state index in [-0.39, 0.29) is 11.2 Å². The van der Waals surface area contributed by atoms with E-state index in [1.54, 1.807) is 6.92 Å². The molecule has 1 aromatic heterocycles. The second kappa shape index (κ2) is 5.46. The Kier molecular flexibility index (Phi) is 4.47. The quantitative estimate of drug-likeness (QED) is 0.819. The van der Waals surface area contributed by atoms with Crippen LogP contribution in [0.4, 0.5) is 5.00 Å². The lowest BCUT2D eigenvalue weighted by Crippen LogP contribution is -2.33. The van der Waals surface area contributed by atoms with Crippen LogP contribution in [0.2, 0.25) is 0 Å². The number of carboxylic acid groups (broad SMARTS) is 1. The Hall–Kier alpha value is -1.14. The molecule has 1 rings (SSSR count). The fourth-order valence-electron chi connectivity index (χ4n) is 1.48. The molecule has 0 atom stereocenters. The van der Waals surface area contributed by atoms with Crippen molar-refractivity contribution >= 4 is 22.5 Å². The largest absolute Gasteiger partial charge is 0.478 e. The Morgan fingerprint density at radius 1 is 1.59 bits per heavy atom. The molecule has 0 bridgehead atoms. The number of nitrogens with zero attached hydrogens (tertiary/aromatic N) is 1. The number of nitrogens with one attached hydrogen (secondary N) is 1.